The summed E-state index contributed by atoms with van der Waals surface area (Å²) >= 11 is 0. The van der Waals surface area contributed by atoms with Gasteiger partial charge in [-0.1, -0.05) is 12.1 Å². The standard InChI is InChI=1S/C24H24N2O4/c1-12-6-13(2)8-17(7-12)26-22(27)14-4-3-5-16(9-14)25-23(28)20-15-10-18-19(11-15)30-24(29)21(18)20/h3-9,15,18-21H,10-11H2,1-2H3,(H,25,28)(H,26,27)/t15-,18-,19-,20+,21+/m1/s1. The molecule has 1 heterocycles. The molecule has 2 bridgehead atoms. The number of amides is 2. The fourth-order valence-corrected chi connectivity index (χ4v) is 5.58. The second-order valence-electron chi connectivity index (χ2n) is 8.82. The number of esters is 1. The summed E-state index contributed by atoms with van der Waals surface area (Å²) in [6.07, 6.45) is 1.68. The normalized spacial score (nSPS) is 28.3. The Balaban J connectivity index is 1.30. The monoisotopic (exact) mass is 404 g/mol. The molecule has 1 aliphatic heterocycles. The maximum atomic E-state index is 13.0. The zero-order chi connectivity index (χ0) is 21.0. The Morgan fingerprint density at radius 3 is 2.50 bits per heavy atom. The highest BCUT2D eigenvalue weighted by atomic mass is 16.6. The summed E-state index contributed by atoms with van der Waals surface area (Å²) in [6.45, 7) is 3.97. The van der Waals surface area contributed by atoms with E-state index in [1.165, 1.54) is 0 Å². The van der Waals surface area contributed by atoms with Crippen LogP contribution in [-0.2, 0) is 14.3 Å². The molecule has 1 saturated heterocycles. The molecular formula is C24H24N2O4. The second-order valence-corrected chi connectivity index (χ2v) is 8.82. The molecule has 2 aromatic carbocycles. The molecule has 6 heteroatoms. The predicted octanol–water partition coefficient (Wildman–Crippen LogP) is 3.69. The van der Waals surface area contributed by atoms with Gasteiger partial charge in [0.05, 0.1) is 11.8 Å². The third kappa shape index (κ3) is 3.16. The van der Waals surface area contributed by atoms with Gasteiger partial charge in [-0.15, -0.1) is 0 Å². The van der Waals surface area contributed by atoms with Crippen LogP contribution in [0.5, 0.6) is 0 Å². The number of hydrogen-bond donors (Lipinski definition) is 2. The molecule has 30 heavy (non-hydrogen) atoms. The summed E-state index contributed by atoms with van der Waals surface area (Å²) < 4.78 is 5.42. The van der Waals surface area contributed by atoms with Gasteiger partial charge >= 0.3 is 5.97 Å². The van der Waals surface area contributed by atoms with E-state index in [4.69, 9.17) is 4.74 Å². The molecule has 5 atom stereocenters. The quantitative estimate of drug-likeness (QED) is 0.761. The van der Waals surface area contributed by atoms with Crippen LogP contribution in [0.4, 0.5) is 11.4 Å². The SMILES string of the molecule is Cc1cc(C)cc(NC(=O)c2cccc(NC(=O)[C@H]3[C@@H]4C[C@H]5[C@@H]3C(=O)O[C@@H]5C4)c2)c1. The smallest absolute Gasteiger partial charge is 0.310 e. The minimum Gasteiger partial charge on any atom is -0.462 e. The van der Waals surface area contributed by atoms with Gasteiger partial charge in [-0.05, 0) is 74.1 Å². The van der Waals surface area contributed by atoms with Crippen LogP contribution < -0.4 is 10.6 Å². The van der Waals surface area contributed by atoms with Crippen LogP contribution in [0.2, 0.25) is 0 Å². The molecule has 0 spiro atoms. The van der Waals surface area contributed by atoms with E-state index in [0.29, 0.717) is 11.3 Å². The molecule has 0 unspecified atom stereocenters. The van der Waals surface area contributed by atoms with Crippen molar-refractivity contribution in [2.45, 2.75) is 32.8 Å². The third-order valence-corrected chi connectivity index (χ3v) is 6.66. The first kappa shape index (κ1) is 18.9. The van der Waals surface area contributed by atoms with Crippen molar-refractivity contribution < 1.29 is 19.1 Å². The Kier molecular flexibility index (Phi) is 4.38. The van der Waals surface area contributed by atoms with Crippen molar-refractivity contribution in [3.8, 4) is 0 Å². The van der Waals surface area contributed by atoms with Gasteiger partial charge in [-0.3, -0.25) is 14.4 Å². The van der Waals surface area contributed by atoms with Gasteiger partial charge in [0, 0.05) is 22.9 Å². The average molecular weight is 404 g/mol. The van der Waals surface area contributed by atoms with E-state index in [1.54, 1.807) is 24.3 Å². The number of carbonyl (C=O) groups is 3. The molecular weight excluding hydrogens is 380 g/mol. The number of ether oxygens (including phenoxy) is 1. The van der Waals surface area contributed by atoms with Crippen LogP contribution in [0.1, 0.15) is 34.3 Å². The summed E-state index contributed by atoms with van der Waals surface area (Å²) in [5.74, 6) is -0.888. The lowest BCUT2D eigenvalue weighted by molar-refractivity contribution is -0.145. The first-order valence-electron chi connectivity index (χ1n) is 10.4. The van der Waals surface area contributed by atoms with Gasteiger partial charge < -0.3 is 15.4 Å². The number of nitrogens with one attached hydrogen (secondary N) is 2. The zero-order valence-electron chi connectivity index (χ0n) is 17.0. The van der Waals surface area contributed by atoms with Crippen molar-refractivity contribution in [2.75, 3.05) is 10.6 Å². The molecule has 2 amide bonds. The number of anilines is 2. The molecule has 2 aromatic rings. The fourth-order valence-electron chi connectivity index (χ4n) is 5.58. The molecule has 2 saturated carbocycles. The predicted molar refractivity (Wildman–Crippen MR) is 112 cm³/mol. The van der Waals surface area contributed by atoms with Gasteiger partial charge in [-0.2, -0.15) is 0 Å². The minimum atomic E-state index is -0.339. The van der Waals surface area contributed by atoms with Gasteiger partial charge in [0.1, 0.15) is 6.10 Å². The maximum Gasteiger partial charge on any atom is 0.310 e. The number of carbonyl (C=O) groups excluding carboxylic acids is 3. The van der Waals surface area contributed by atoms with Crippen LogP contribution >= 0.6 is 0 Å². The van der Waals surface area contributed by atoms with Gasteiger partial charge in [0.25, 0.3) is 5.91 Å². The largest absolute Gasteiger partial charge is 0.462 e. The first-order valence-corrected chi connectivity index (χ1v) is 10.4. The van der Waals surface area contributed by atoms with E-state index >= 15 is 0 Å². The molecule has 3 aliphatic rings. The van der Waals surface area contributed by atoms with E-state index in [9.17, 15) is 14.4 Å². The first-order chi connectivity index (χ1) is 14.4. The minimum absolute atomic E-state index is 0.00818. The third-order valence-electron chi connectivity index (χ3n) is 6.66. The number of hydrogen-bond acceptors (Lipinski definition) is 4. The van der Waals surface area contributed by atoms with Crippen LogP contribution in [-0.4, -0.2) is 23.9 Å². The highest BCUT2D eigenvalue weighted by molar-refractivity contribution is 6.05. The summed E-state index contributed by atoms with van der Waals surface area (Å²) in [5, 5.41) is 5.83. The highest BCUT2D eigenvalue weighted by Crippen LogP contribution is 2.57. The van der Waals surface area contributed by atoms with E-state index < -0.39 is 0 Å². The van der Waals surface area contributed by atoms with E-state index in [0.717, 1.165) is 29.7 Å². The van der Waals surface area contributed by atoms with Crippen LogP contribution in [0.25, 0.3) is 0 Å². The molecule has 5 rings (SSSR count). The van der Waals surface area contributed by atoms with Crippen molar-refractivity contribution in [3.05, 3.63) is 59.2 Å². The van der Waals surface area contributed by atoms with Crippen LogP contribution in [0.15, 0.2) is 42.5 Å². The van der Waals surface area contributed by atoms with E-state index in [2.05, 4.69) is 10.6 Å². The fraction of sp³-hybridized carbons (Fsp3) is 0.375. The van der Waals surface area contributed by atoms with Gasteiger partial charge in [0.15, 0.2) is 0 Å². The molecule has 2 N–H and O–H groups in total. The summed E-state index contributed by atoms with van der Waals surface area (Å²) in [4.78, 5) is 37.8. The van der Waals surface area contributed by atoms with E-state index in [1.807, 2.05) is 32.0 Å². The number of aryl methyl sites for hydroxylation is 2. The lowest BCUT2D eigenvalue weighted by Crippen LogP contribution is -2.35. The zero-order valence-corrected chi connectivity index (χ0v) is 17.0. The van der Waals surface area contributed by atoms with Crippen LogP contribution in [0.3, 0.4) is 0 Å². The van der Waals surface area contributed by atoms with Crippen molar-refractivity contribution in [2.24, 2.45) is 23.7 Å². The molecule has 6 nitrogen and oxygen atoms in total. The lowest BCUT2D eigenvalue weighted by atomic mass is 9.79. The Labute approximate surface area is 175 Å². The second kappa shape index (κ2) is 6.97. The van der Waals surface area contributed by atoms with Crippen molar-refractivity contribution in [1.82, 2.24) is 0 Å². The Morgan fingerprint density at radius 1 is 0.967 bits per heavy atom. The topological polar surface area (TPSA) is 84.5 Å². The lowest BCUT2D eigenvalue weighted by Gasteiger charge is -2.23. The van der Waals surface area contributed by atoms with Gasteiger partial charge in [-0.25, -0.2) is 0 Å². The number of benzene rings is 2. The van der Waals surface area contributed by atoms with Crippen LogP contribution in [0, 0.1) is 37.5 Å². The Morgan fingerprint density at radius 2 is 1.73 bits per heavy atom. The maximum absolute atomic E-state index is 13.0. The summed E-state index contributed by atoms with van der Waals surface area (Å²) in [6, 6.07) is 12.8. The van der Waals surface area contributed by atoms with Crippen molar-refractivity contribution >= 4 is 29.2 Å². The molecule has 154 valence electrons. The molecule has 3 fully saturated rings. The van der Waals surface area contributed by atoms with Crippen molar-refractivity contribution in [3.63, 3.8) is 0 Å². The number of fused-ring (bicyclic) bond motifs is 1. The molecule has 0 aromatic heterocycles. The summed E-state index contributed by atoms with van der Waals surface area (Å²) in [5.41, 5.74) is 3.90. The Hall–Kier alpha value is -3.15. The Bertz CT molecular complexity index is 1040. The number of rotatable bonds is 4. The molecule has 0 radical (unpaired) electrons. The average Bonchev–Trinajstić information content (AvgIpc) is 3.30. The molecule has 2 aliphatic carbocycles. The summed E-state index contributed by atoms with van der Waals surface area (Å²) in [7, 11) is 0. The van der Waals surface area contributed by atoms with Crippen molar-refractivity contribution in [1.29, 1.82) is 0 Å². The van der Waals surface area contributed by atoms with Gasteiger partial charge in [0.2, 0.25) is 5.91 Å². The highest BCUT2D eigenvalue weighted by Gasteiger charge is 2.63. The van der Waals surface area contributed by atoms with E-state index in [-0.39, 0.29) is 47.6 Å².